The first kappa shape index (κ1) is 20.0. The summed E-state index contributed by atoms with van der Waals surface area (Å²) in [6.07, 6.45) is 0. The highest BCUT2D eigenvalue weighted by atomic mass is 35.5. The molecule has 0 heterocycles. The van der Waals surface area contributed by atoms with E-state index < -0.39 is 0 Å². The Morgan fingerprint density at radius 1 is 0.875 bits per heavy atom. The maximum Gasteiger partial charge on any atom is 0.325 e. The van der Waals surface area contributed by atoms with E-state index in [-0.39, 0.29) is 18.4 Å². The van der Waals surface area contributed by atoms with Gasteiger partial charge in [0.1, 0.15) is 17.2 Å². The summed E-state index contributed by atoms with van der Waals surface area (Å²) in [5.74, 6) is 1.76. The molecule has 0 aliphatic carbocycles. The summed E-state index contributed by atoms with van der Waals surface area (Å²) in [5.41, 5.74) is 1.19. The molecule has 2 rings (SSSR count). The van der Waals surface area contributed by atoms with Crippen LogP contribution in [0.2, 0.25) is 0 Å². The Balaban J connectivity index is 0.00000288. The van der Waals surface area contributed by atoms with Gasteiger partial charge in [-0.25, -0.2) is 0 Å². The Hall–Kier alpha value is -2.04. The van der Waals surface area contributed by atoms with Crippen LogP contribution in [0.1, 0.15) is 19.4 Å². The predicted octanol–water partition coefficient (Wildman–Crippen LogP) is 4.46. The van der Waals surface area contributed by atoms with Crippen molar-refractivity contribution in [1.82, 2.24) is 4.90 Å². The number of likely N-dealkylation sites (N-methyl/N-ethyl adjacent to an activating group) is 1. The normalized spacial score (nSPS) is 10.2. The largest absolute Gasteiger partial charge is 0.457 e. The summed E-state index contributed by atoms with van der Waals surface area (Å²) in [6.45, 7) is 8.03. The number of aryl methyl sites for hydroxylation is 1. The predicted molar refractivity (Wildman–Crippen MR) is 98.4 cm³/mol. The van der Waals surface area contributed by atoms with Gasteiger partial charge in [-0.3, -0.25) is 9.69 Å². The van der Waals surface area contributed by atoms with Gasteiger partial charge in [0, 0.05) is 0 Å². The van der Waals surface area contributed by atoms with Crippen molar-refractivity contribution in [3.63, 3.8) is 0 Å². The van der Waals surface area contributed by atoms with Crippen LogP contribution in [0.15, 0.2) is 48.5 Å². The lowest BCUT2D eigenvalue weighted by molar-refractivity contribution is -0.135. The van der Waals surface area contributed by atoms with Crippen molar-refractivity contribution in [1.29, 1.82) is 0 Å². The molecule has 0 atom stereocenters. The van der Waals surface area contributed by atoms with Gasteiger partial charge in [0.2, 0.25) is 0 Å². The fraction of sp³-hybridized carbons (Fsp3) is 0.316. The monoisotopic (exact) mass is 349 g/mol. The van der Waals surface area contributed by atoms with Crippen molar-refractivity contribution in [3.05, 3.63) is 54.1 Å². The molecule has 0 N–H and O–H groups in total. The molecule has 0 saturated carbocycles. The van der Waals surface area contributed by atoms with Crippen LogP contribution in [0.4, 0.5) is 0 Å². The summed E-state index contributed by atoms with van der Waals surface area (Å²) in [6, 6.07) is 14.9. The maximum absolute atomic E-state index is 11.9. The Labute approximate surface area is 149 Å². The first-order chi connectivity index (χ1) is 11.1. The molecule has 0 saturated heterocycles. The highest BCUT2D eigenvalue weighted by Gasteiger charge is 2.09. The average molecular weight is 350 g/mol. The van der Waals surface area contributed by atoms with Crippen LogP contribution in [0.25, 0.3) is 0 Å². The Kier molecular flexibility index (Phi) is 8.30. The van der Waals surface area contributed by atoms with Crippen LogP contribution in [0.3, 0.4) is 0 Å². The zero-order chi connectivity index (χ0) is 16.7. The molecule has 5 heteroatoms. The Morgan fingerprint density at radius 3 is 1.83 bits per heavy atom. The number of hydrogen-bond acceptors (Lipinski definition) is 4. The summed E-state index contributed by atoms with van der Waals surface area (Å²) in [4.78, 5) is 13.9. The molecular formula is C19H24ClNO3. The lowest BCUT2D eigenvalue weighted by Crippen LogP contribution is -2.31. The lowest BCUT2D eigenvalue weighted by atomic mass is 10.2. The van der Waals surface area contributed by atoms with Gasteiger partial charge >= 0.3 is 5.97 Å². The molecule has 0 aliphatic rings. The molecule has 0 radical (unpaired) electrons. The number of carbonyl (C=O) groups excluding carboxylic acids is 1. The van der Waals surface area contributed by atoms with Gasteiger partial charge in [0.25, 0.3) is 0 Å². The van der Waals surface area contributed by atoms with E-state index in [4.69, 9.17) is 9.47 Å². The van der Waals surface area contributed by atoms with E-state index in [0.29, 0.717) is 18.0 Å². The summed E-state index contributed by atoms with van der Waals surface area (Å²) in [7, 11) is 0. The molecule has 0 bridgehead atoms. The minimum Gasteiger partial charge on any atom is -0.457 e. The van der Waals surface area contributed by atoms with Crippen LogP contribution >= 0.6 is 12.4 Å². The third-order valence-corrected chi connectivity index (χ3v) is 3.56. The van der Waals surface area contributed by atoms with Crippen molar-refractivity contribution in [3.8, 4) is 17.2 Å². The second-order valence-electron chi connectivity index (χ2n) is 5.32. The van der Waals surface area contributed by atoms with Crippen LogP contribution < -0.4 is 9.47 Å². The first-order valence-electron chi connectivity index (χ1n) is 7.88. The van der Waals surface area contributed by atoms with E-state index in [1.54, 1.807) is 24.3 Å². The topological polar surface area (TPSA) is 38.8 Å². The quantitative estimate of drug-likeness (QED) is 0.546. The number of halogens is 1. The molecule has 0 aromatic heterocycles. The maximum atomic E-state index is 11.9. The molecule has 24 heavy (non-hydrogen) atoms. The van der Waals surface area contributed by atoms with Crippen molar-refractivity contribution >= 4 is 18.4 Å². The van der Waals surface area contributed by atoms with E-state index in [0.717, 1.165) is 18.8 Å². The number of carbonyl (C=O) groups is 1. The zero-order valence-electron chi connectivity index (χ0n) is 14.3. The van der Waals surface area contributed by atoms with Gasteiger partial charge in [-0.05, 0) is 56.4 Å². The SMILES string of the molecule is CCN(CC)CC(=O)Oc1ccc(Oc2ccc(C)cc2)cc1.Cl. The van der Waals surface area contributed by atoms with Crippen LogP contribution in [-0.2, 0) is 4.79 Å². The van der Waals surface area contributed by atoms with Crippen molar-refractivity contribution < 1.29 is 14.3 Å². The van der Waals surface area contributed by atoms with Gasteiger partial charge in [-0.1, -0.05) is 31.5 Å². The van der Waals surface area contributed by atoms with Gasteiger partial charge in [0.15, 0.2) is 0 Å². The smallest absolute Gasteiger partial charge is 0.325 e. The fourth-order valence-electron chi connectivity index (χ4n) is 2.11. The molecule has 2 aromatic rings. The minimum absolute atomic E-state index is 0. The highest BCUT2D eigenvalue weighted by Crippen LogP contribution is 2.24. The first-order valence-corrected chi connectivity index (χ1v) is 7.88. The van der Waals surface area contributed by atoms with Crippen molar-refractivity contribution in [2.75, 3.05) is 19.6 Å². The molecular weight excluding hydrogens is 326 g/mol. The van der Waals surface area contributed by atoms with Crippen LogP contribution in [0, 0.1) is 6.92 Å². The summed E-state index contributed by atoms with van der Waals surface area (Å²) < 4.78 is 11.1. The molecule has 130 valence electrons. The number of rotatable bonds is 7. The van der Waals surface area contributed by atoms with Gasteiger partial charge in [-0.2, -0.15) is 0 Å². The number of nitrogens with zero attached hydrogens (tertiary/aromatic N) is 1. The summed E-state index contributed by atoms with van der Waals surface area (Å²) >= 11 is 0. The molecule has 0 unspecified atom stereocenters. The molecule has 4 nitrogen and oxygen atoms in total. The lowest BCUT2D eigenvalue weighted by Gasteiger charge is -2.16. The van der Waals surface area contributed by atoms with E-state index >= 15 is 0 Å². The second kappa shape index (κ2) is 9.96. The number of ether oxygens (including phenoxy) is 2. The Morgan fingerprint density at radius 2 is 1.33 bits per heavy atom. The zero-order valence-corrected chi connectivity index (χ0v) is 15.1. The Bertz CT molecular complexity index is 622. The third kappa shape index (κ3) is 6.22. The van der Waals surface area contributed by atoms with Crippen LogP contribution in [0.5, 0.6) is 17.2 Å². The molecule has 0 spiro atoms. The molecule has 0 fully saturated rings. The molecule has 0 aliphatic heterocycles. The van der Waals surface area contributed by atoms with Crippen molar-refractivity contribution in [2.24, 2.45) is 0 Å². The second-order valence-corrected chi connectivity index (χ2v) is 5.32. The number of esters is 1. The van der Waals surface area contributed by atoms with Crippen LogP contribution in [-0.4, -0.2) is 30.5 Å². The standard InChI is InChI=1S/C19H23NO3.ClH/c1-4-20(5-2)14-19(21)23-18-12-10-17(11-13-18)22-16-8-6-15(3)7-9-16;/h6-13H,4-5,14H2,1-3H3;1H. The number of hydrogen-bond donors (Lipinski definition) is 0. The van der Waals surface area contributed by atoms with E-state index in [2.05, 4.69) is 0 Å². The fourth-order valence-corrected chi connectivity index (χ4v) is 2.11. The van der Waals surface area contributed by atoms with Gasteiger partial charge in [0.05, 0.1) is 6.54 Å². The minimum atomic E-state index is -0.249. The van der Waals surface area contributed by atoms with Crippen molar-refractivity contribution in [2.45, 2.75) is 20.8 Å². The summed E-state index contributed by atoms with van der Waals surface area (Å²) in [5, 5.41) is 0. The molecule has 2 aromatic carbocycles. The van der Waals surface area contributed by atoms with E-state index in [1.165, 1.54) is 5.56 Å². The van der Waals surface area contributed by atoms with E-state index in [1.807, 2.05) is 49.9 Å². The highest BCUT2D eigenvalue weighted by molar-refractivity contribution is 5.85. The van der Waals surface area contributed by atoms with E-state index in [9.17, 15) is 4.79 Å². The molecule has 0 amide bonds. The number of benzene rings is 2. The third-order valence-electron chi connectivity index (χ3n) is 3.56. The van der Waals surface area contributed by atoms with Gasteiger partial charge < -0.3 is 9.47 Å². The average Bonchev–Trinajstić information content (AvgIpc) is 2.56. The van der Waals surface area contributed by atoms with Gasteiger partial charge in [-0.15, -0.1) is 12.4 Å².